The topological polar surface area (TPSA) is 64.2 Å². The molecule has 1 saturated heterocycles. The molecule has 0 radical (unpaired) electrons. The number of halogens is 2. The molecule has 1 amide bonds. The molecule has 2 N–H and O–H groups in total. The van der Waals surface area contributed by atoms with Gasteiger partial charge in [0.05, 0.1) is 18.4 Å². The van der Waals surface area contributed by atoms with Crippen LogP contribution >= 0.6 is 23.2 Å². The summed E-state index contributed by atoms with van der Waals surface area (Å²) in [6.07, 6.45) is 5.81. The minimum atomic E-state index is -0.595. The largest absolute Gasteiger partial charge is 0.337 e. The van der Waals surface area contributed by atoms with E-state index in [0.29, 0.717) is 29.6 Å². The number of likely N-dealkylation sites (tertiary alicyclic amines) is 1. The Morgan fingerprint density at radius 1 is 1.41 bits per heavy atom. The monoisotopic (exact) mass is 338 g/mol. The van der Waals surface area contributed by atoms with Crippen molar-refractivity contribution >= 4 is 29.1 Å². The summed E-state index contributed by atoms with van der Waals surface area (Å²) in [4.78, 5) is 18.1. The lowest BCUT2D eigenvalue weighted by molar-refractivity contribution is -0.138. The van der Waals surface area contributed by atoms with Crippen LogP contribution in [0.2, 0.25) is 10.0 Å². The van der Waals surface area contributed by atoms with E-state index in [2.05, 4.69) is 4.98 Å². The first kappa shape index (κ1) is 15.3. The standard InChI is InChI=1S/C15H16Cl2N4O/c16-11-2-1-10(13(17)6-11)5-14(18)15(22)21-7-12(8-21)20-4-3-19-9-20/h1-4,6,9,12,14H,5,7-8,18H2. The van der Waals surface area contributed by atoms with E-state index in [-0.39, 0.29) is 11.9 Å². The molecule has 3 rings (SSSR count). The van der Waals surface area contributed by atoms with Crippen molar-refractivity contribution in [3.63, 3.8) is 0 Å². The molecule has 5 nitrogen and oxygen atoms in total. The van der Waals surface area contributed by atoms with Crippen LogP contribution in [0.3, 0.4) is 0 Å². The smallest absolute Gasteiger partial charge is 0.239 e. The molecule has 1 atom stereocenters. The molecule has 1 aromatic heterocycles. The zero-order chi connectivity index (χ0) is 15.7. The summed E-state index contributed by atoms with van der Waals surface area (Å²) < 4.78 is 2.01. The number of hydrogen-bond donors (Lipinski definition) is 1. The van der Waals surface area contributed by atoms with Gasteiger partial charge in [-0.15, -0.1) is 0 Å². The average Bonchev–Trinajstić information content (AvgIpc) is 2.94. The van der Waals surface area contributed by atoms with Gasteiger partial charge in [0.1, 0.15) is 0 Å². The molecular weight excluding hydrogens is 323 g/mol. The molecular formula is C15H16Cl2N4O. The van der Waals surface area contributed by atoms with E-state index in [1.54, 1.807) is 29.6 Å². The van der Waals surface area contributed by atoms with Crippen LogP contribution in [0, 0.1) is 0 Å². The molecule has 7 heteroatoms. The van der Waals surface area contributed by atoms with Crippen LogP contribution in [-0.4, -0.2) is 39.5 Å². The van der Waals surface area contributed by atoms with Gasteiger partial charge in [0.15, 0.2) is 0 Å². The van der Waals surface area contributed by atoms with Gasteiger partial charge < -0.3 is 15.2 Å². The predicted octanol–water partition coefficient (Wildman–Crippen LogP) is 2.14. The van der Waals surface area contributed by atoms with Crippen LogP contribution in [0.5, 0.6) is 0 Å². The van der Waals surface area contributed by atoms with E-state index in [1.807, 2.05) is 16.8 Å². The summed E-state index contributed by atoms with van der Waals surface area (Å²) in [5, 5.41) is 1.11. The number of carbonyl (C=O) groups is 1. The number of nitrogens with zero attached hydrogens (tertiary/aromatic N) is 3. The molecule has 22 heavy (non-hydrogen) atoms. The van der Waals surface area contributed by atoms with E-state index in [1.165, 1.54) is 0 Å². The van der Waals surface area contributed by atoms with Gasteiger partial charge in [-0.25, -0.2) is 4.98 Å². The number of imidazole rings is 1. The van der Waals surface area contributed by atoms with Gasteiger partial charge >= 0.3 is 0 Å². The summed E-state index contributed by atoms with van der Waals surface area (Å²) in [6, 6.07) is 4.91. The Balaban J connectivity index is 1.57. The predicted molar refractivity (Wildman–Crippen MR) is 86.0 cm³/mol. The molecule has 1 unspecified atom stereocenters. The number of aromatic nitrogens is 2. The second-order valence-corrected chi connectivity index (χ2v) is 6.30. The fourth-order valence-electron chi connectivity index (χ4n) is 2.56. The van der Waals surface area contributed by atoms with Crippen molar-refractivity contribution in [2.24, 2.45) is 5.73 Å². The molecule has 116 valence electrons. The lowest BCUT2D eigenvalue weighted by Gasteiger charge is -2.41. The minimum Gasteiger partial charge on any atom is -0.337 e. The van der Waals surface area contributed by atoms with Gasteiger partial charge in [-0.05, 0) is 24.1 Å². The second-order valence-electron chi connectivity index (χ2n) is 5.45. The average molecular weight is 339 g/mol. The number of carbonyl (C=O) groups excluding carboxylic acids is 1. The Morgan fingerprint density at radius 3 is 2.82 bits per heavy atom. The van der Waals surface area contributed by atoms with Gasteiger partial charge in [0, 0.05) is 35.5 Å². The molecule has 0 saturated carbocycles. The van der Waals surface area contributed by atoms with Gasteiger partial charge in [0.25, 0.3) is 0 Å². The summed E-state index contributed by atoms with van der Waals surface area (Å²) in [6.45, 7) is 1.33. The molecule has 0 spiro atoms. The van der Waals surface area contributed by atoms with E-state index in [0.717, 1.165) is 5.56 Å². The highest BCUT2D eigenvalue weighted by Crippen LogP contribution is 2.24. The third-order valence-electron chi connectivity index (χ3n) is 3.89. The van der Waals surface area contributed by atoms with Crippen LogP contribution in [0.15, 0.2) is 36.9 Å². The van der Waals surface area contributed by atoms with Crippen molar-refractivity contribution < 1.29 is 4.79 Å². The molecule has 2 heterocycles. The highest BCUT2D eigenvalue weighted by molar-refractivity contribution is 6.35. The Kier molecular flexibility index (Phi) is 4.38. The Hall–Kier alpha value is -1.56. The molecule has 1 aromatic carbocycles. The van der Waals surface area contributed by atoms with Crippen molar-refractivity contribution in [2.75, 3.05) is 13.1 Å². The van der Waals surface area contributed by atoms with Gasteiger partial charge in [0.2, 0.25) is 5.91 Å². The lowest BCUT2D eigenvalue weighted by Crippen LogP contribution is -2.56. The molecule has 2 aromatic rings. The van der Waals surface area contributed by atoms with Crippen molar-refractivity contribution in [3.8, 4) is 0 Å². The molecule has 1 aliphatic heterocycles. The van der Waals surface area contributed by atoms with E-state index in [9.17, 15) is 4.79 Å². The zero-order valence-corrected chi connectivity index (χ0v) is 13.3. The molecule has 0 aliphatic carbocycles. The SMILES string of the molecule is NC(Cc1ccc(Cl)cc1Cl)C(=O)N1CC(n2ccnc2)C1. The summed E-state index contributed by atoms with van der Waals surface area (Å²) in [5.74, 6) is -0.0534. The van der Waals surface area contributed by atoms with Crippen molar-refractivity contribution in [1.29, 1.82) is 0 Å². The Morgan fingerprint density at radius 2 is 2.18 bits per heavy atom. The van der Waals surface area contributed by atoms with Crippen molar-refractivity contribution in [2.45, 2.75) is 18.5 Å². The third-order valence-corrected chi connectivity index (χ3v) is 4.48. The fraction of sp³-hybridized carbons (Fsp3) is 0.333. The van der Waals surface area contributed by atoms with Crippen LogP contribution < -0.4 is 5.73 Å². The summed E-state index contributed by atoms with van der Waals surface area (Å²) in [7, 11) is 0. The Labute approximate surface area is 138 Å². The second kappa shape index (κ2) is 6.28. The summed E-state index contributed by atoms with van der Waals surface area (Å²) in [5.41, 5.74) is 6.86. The highest BCUT2D eigenvalue weighted by Gasteiger charge is 2.34. The first-order valence-electron chi connectivity index (χ1n) is 7.00. The van der Waals surface area contributed by atoms with Crippen molar-refractivity contribution in [3.05, 3.63) is 52.5 Å². The maximum Gasteiger partial charge on any atom is 0.239 e. The van der Waals surface area contributed by atoms with E-state index < -0.39 is 6.04 Å². The maximum absolute atomic E-state index is 12.3. The maximum atomic E-state index is 12.3. The number of hydrogen-bond acceptors (Lipinski definition) is 3. The van der Waals surface area contributed by atoms with Gasteiger partial charge in [-0.2, -0.15) is 0 Å². The number of rotatable bonds is 4. The lowest BCUT2D eigenvalue weighted by atomic mass is 10.0. The summed E-state index contributed by atoms with van der Waals surface area (Å²) >= 11 is 12.0. The Bertz CT molecular complexity index is 668. The fourth-order valence-corrected chi connectivity index (χ4v) is 3.04. The third kappa shape index (κ3) is 3.11. The normalized spacial score (nSPS) is 16.4. The van der Waals surface area contributed by atoms with E-state index in [4.69, 9.17) is 28.9 Å². The van der Waals surface area contributed by atoms with Crippen LogP contribution in [0.4, 0.5) is 0 Å². The highest BCUT2D eigenvalue weighted by atomic mass is 35.5. The molecule has 1 aliphatic rings. The van der Waals surface area contributed by atoms with Crippen LogP contribution in [-0.2, 0) is 11.2 Å². The number of benzene rings is 1. The first-order valence-corrected chi connectivity index (χ1v) is 7.76. The van der Waals surface area contributed by atoms with Crippen LogP contribution in [0.1, 0.15) is 11.6 Å². The van der Waals surface area contributed by atoms with Crippen LogP contribution in [0.25, 0.3) is 0 Å². The molecule has 0 bridgehead atoms. The number of amides is 1. The van der Waals surface area contributed by atoms with Crippen molar-refractivity contribution in [1.82, 2.24) is 14.5 Å². The molecule has 1 fully saturated rings. The van der Waals surface area contributed by atoms with Gasteiger partial charge in [-0.1, -0.05) is 29.3 Å². The van der Waals surface area contributed by atoms with E-state index >= 15 is 0 Å². The quantitative estimate of drug-likeness (QED) is 0.928. The first-order chi connectivity index (χ1) is 10.5. The van der Waals surface area contributed by atoms with Gasteiger partial charge in [-0.3, -0.25) is 4.79 Å². The number of nitrogens with two attached hydrogens (primary N) is 1. The zero-order valence-electron chi connectivity index (χ0n) is 11.8. The minimum absolute atomic E-state index is 0.0534.